The SMILES string of the molecule is CN(C)c1ccncc1NC1CN2CCC1CC2. The van der Waals surface area contributed by atoms with E-state index in [4.69, 9.17) is 0 Å². The number of pyridine rings is 1. The molecule has 1 aromatic heterocycles. The fourth-order valence-electron chi connectivity index (χ4n) is 3.22. The van der Waals surface area contributed by atoms with Gasteiger partial charge in [0.1, 0.15) is 0 Å². The highest BCUT2D eigenvalue weighted by molar-refractivity contribution is 5.68. The molecule has 4 heterocycles. The van der Waals surface area contributed by atoms with E-state index < -0.39 is 0 Å². The lowest BCUT2D eigenvalue weighted by Crippen LogP contribution is -2.53. The molecule has 98 valence electrons. The molecule has 2 bridgehead atoms. The van der Waals surface area contributed by atoms with E-state index >= 15 is 0 Å². The highest BCUT2D eigenvalue weighted by Gasteiger charge is 2.34. The van der Waals surface area contributed by atoms with E-state index in [1.807, 2.05) is 12.4 Å². The second-order valence-corrected chi connectivity index (χ2v) is 5.68. The summed E-state index contributed by atoms with van der Waals surface area (Å²) in [6.45, 7) is 3.76. The molecule has 3 aliphatic heterocycles. The van der Waals surface area contributed by atoms with Gasteiger partial charge in [-0.3, -0.25) is 4.98 Å². The molecular weight excluding hydrogens is 224 g/mol. The molecule has 1 atom stereocenters. The van der Waals surface area contributed by atoms with Crippen molar-refractivity contribution in [2.45, 2.75) is 18.9 Å². The number of fused-ring (bicyclic) bond motifs is 3. The first-order chi connectivity index (χ1) is 8.74. The Bertz CT molecular complexity index is 410. The molecule has 4 rings (SSSR count). The van der Waals surface area contributed by atoms with E-state index in [-0.39, 0.29) is 0 Å². The molecule has 0 aromatic carbocycles. The number of hydrogen-bond acceptors (Lipinski definition) is 4. The zero-order chi connectivity index (χ0) is 12.5. The highest BCUT2D eigenvalue weighted by atomic mass is 15.2. The summed E-state index contributed by atoms with van der Waals surface area (Å²) < 4.78 is 0. The molecule has 3 fully saturated rings. The van der Waals surface area contributed by atoms with Crippen LogP contribution in [-0.4, -0.2) is 49.7 Å². The van der Waals surface area contributed by atoms with Crippen molar-refractivity contribution in [3.05, 3.63) is 18.5 Å². The minimum Gasteiger partial charge on any atom is -0.378 e. The first-order valence-corrected chi connectivity index (χ1v) is 6.84. The van der Waals surface area contributed by atoms with Crippen molar-refractivity contribution >= 4 is 11.4 Å². The molecule has 4 heteroatoms. The molecular formula is C14H22N4. The molecule has 0 spiro atoms. The third-order valence-corrected chi connectivity index (χ3v) is 4.28. The summed E-state index contributed by atoms with van der Waals surface area (Å²) in [6.07, 6.45) is 6.49. The van der Waals surface area contributed by atoms with Crippen LogP contribution >= 0.6 is 0 Å². The highest BCUT2D eigenvalue weighted by Crippen LogP contribution is 2.31. The summed E-state index contributed by atoms with van der Waals surface area (Å²) in [5.41, 5.74) is 2.39. The molecule has 3 aliphatic rings. The Hall–Kier alpha value is -1.29. The fourth-order valence-corrected chi connectivity index (χ4v) is 3.22. The standard InChI is InChI=1S/C14H22N4/c1-17(2)14-3-6-15-9-12(14)16-13-10-18-7-4-11(13)5-8-18/h3,6,9,11,13,16H,4-5,7-8,10H2,1-2H3. The number of nitrogens with zero attached hydrogens (tertiary/aromatic N) is 3. The lowest BCUT2D eigenvalue weighted by Gasteiger charge is -2.45. The lowest BCUT2D eigenvalue weighted by molar-refractivity contribution is 0.0975. The van der Waals surface area contributed by atoms with Crippen LogP contribution in [0.1, 0.15) is 12.8 Å². The van der Waals surface area contributed by atoms with E-state index in [0.717, 1.165) is 5.92 Å². The molecule has 0 amide bonds. The van der Waals surface area contributed by atoms with E-state index in [1.165, 1.54) is 43.9 Å². The van der Waals surface area contributed by atoms with Gasteiger partial charge in [0.15, 0.2) is 0 Å². The van der Waals surface area contributed by atoms with Gasteiger partial charge in [-0.1, -0.05) is 0 Å². The Kier molecular flexibility index (Phi) is 3.12. The van der Waals surface area contributed by atoms with Gasteiger partial charge in [0, 0.05) is 32.9 Å². The quantitative estimate of drug-likeness (QED) is 0.879. The van der Waals surface area contributed by atoms with Crippen LogP contribution < -0.4 is 10.2 Å². The summed E-state index contributed by atoms with van der Waals surface area (Å²) in [4.78, 5) is 8.97. The summed E-state index contributed by atoms with van der Waals surface area (Å²) in [5.74, 6) is 0.838. The summed E-state index contributed by atoms with van der Waals surface area (Å²) >= 11 is 0. The van der Waals surface area contributed by atoms with Crippen LogP contribution in [0.5, 0.6) is 0 Å². The van der Waals surface area contributed by atoms with Gasteiger partial charge >= 0.3 is 0 Å². The van der Waals surface area contributed by atoms with Crippen LogP contribution in [-0.2, 0) is 0 Å². The van der Waals surface area contributed by atoms with Gasteiger partial charge in [-0.15, -0.1) is 0 Å². The Balaban J connectivity index is 1.76. The maximum Gasteiger partial charge on any atom is 0.0766 e. The number of piperidine rings is 3. The predicted molar refractivity (Wildman–Crippen MR) is 75.1 cm³/mol. The Morgan fingerprint density at radius 3 is 2.72 bits per heavy atom. The lowest BCUT2D eigenvalue weighted by atomic mass is 9.84. The zero-order valence-corrected chi connectivity index (χ0v) is 11.3. The summed E-state index contributed by atoms with van der Waals surface area (Å²) in [6, 6.07) is 2.67. The van der Waals surface area contributed by atoms with Gasteiger partial charge in [0.05, 0.1) is 17.6 Å². The Labute approximate surface area is 109 Å². The maximum absolute atomic E-state index is 4.25. The van der Waals surface area contributed by atoms with Gasteiger partial charge < -0.3 is 15.1 Å². The number of rotatable bonds is 3. The van der Waals surface area contributed by atoms with Gasteiger partial charge in [-0.05, 0) is 37.9 Å². The molecule has 0 radical (unpaired) electrons. The van der Waals surface area contributed by atoms with Crippen LogP contribution in [0.2, 0.25) is 0 Å². The van der Waals surface area contributed by atoms with E-state index in [9.17, 15) is 0 Å². The molecule has 0 saturated carbocycles. The van der Waals surface area contributed by atoms with Gasteiger partial charge in [-0.25, -0.2) is 0 Å². The van der Waals surface area contributed by atoms with Crippen LogP contribution in [0, 0.1) is 5.92 Å². The molecule has 0 aliphatic carbocycles. The first kappa shape index (κ1) is 11.8. The number of hydrogen-bond donors (Lipinski definition) is 1. The van der Waals surface area contributed by atoms with Crippen molar-refractivity contribution in [3.63, 3.8) is 0 Å². The molecule has 3 saturated heterocycles. The monoisotopic (exact) mass is 246 g/mol. The molecule has 18 heavy (non-hydrogen) atoms. The van der Waals surface area contributed by atoms with Crippen molar-refractivity contribution in [2.75, 3.05) is 43.9 Å². The van der Waals surface area contributed by atoms with Crippen LogP contribution in [0.3, 0.4) is 0 Å². The van der Waals surface area contributed by atoms with Gasteiger partial charge in [0.2, 0.25) is 0 Å². The minimum atomic E-state index is 0.593. The summed E-state index contributed by atoms with van der Waals surface area (Å²) in [7, 11) is 4.16. The Morgan fingerprint density at radius 1 is 1.33 bits per heavy atom. The van der Waals surface area contributed by atoms with Crippen molar-refractivity contribution in [1.29, 1.82) is 0 Å². The average molecular weight is 246 g/mol. The van der Waals surface area contributed by atoms with Crippen LogP contribution in [0.4, 0.5) is 11.4 Å². The number of anilines is 2. The summed E-state index contributed by atoms with van der Waals surface area (Å²) in [5, 5.41) is 3.72. The van der Waals surface area contributed by atoms with Gasteiger partial charge in [-0.2, -0.15) is 0 Å². The maximum atomic E-state index is 4.25. The third-order valence-electron chi connectivity index (χ3n) is 4.28. The van der Waals surface area contributed by atoms with E-state index in [0.29, 0.717) is 6.04 Å². The van der Waals surface area contributed by atoms with Crippen molar-refractivity contribution in [2.24, 2.45) is 5.92 Å². The molecule has 1 unspecified atom stereocenters. The van der Waals surface area contributed by atoms with Crippen LogP contribution in [0.25, 0.3) is 0 Å². The van der Waals surface area contributed by atoms with Crippen molar-refractivity contribution in [1.82, 2.24) is 9.88 Å². The topological polar surface area (TPSA) is 31.4 Å². The van der Waals surface area contributed by atoms with E-state index in [2.05, 4.69) is 40.3 Å². The second-order valence-electron chi connectivity index (χ2n) is 5.68. The predicted octanol–water partition coefficient (Wildman–Crippen LogP) is 1.65. The second kappa shape index (κ2) is 4.76. The number of nitrogens with one attached hydrogen (secondary N) is 1. The molecule has 1 N–H and O–H groups in total. The van der Waals surface area contributed by atoms with Gasteiger partial charge in [0.25, 0.3) is 0 Å². The number of aromatic nitrogens is 1. The smallest absolute Gasteiger partial charge is 0.0766 e. The van der Waals surface area contributed by atoms with E-state index in [1.54, 1.807) is 0 Å². The van der Waals surface area contributed by atoms with Crippen LogP contribution in [0.15, 0.2) is 18.5 Å². The largest absolute Gasteiger partial charge is 0.378 e. The Morgan fingerprint density at radius 2 is 2.11 bits per heavy atom. The van der Waals surface area contributed by atoms with Crippen molar-refractivity contribution < 1.29 is 0 Å². The molecule has 4 nitrogen and oxygen atoms in total. The third kappa shape index (κ3) is 2.17. The fraction of sp³-hybridized carbons (Fsp3) is 0.643. The average Bonchev–Trinajstić information content (AvgIpc) is 2.40. The zero-order valence-electron chi connectivity index (χ0n) is 11.3. The molecule has 1 aromatic rings. The normalized spacial score (nSPS) is 30.2. The minimum absolute atomic E-state index is 0.593. The first-order valence-electron chi connectivity index (χ1n) is 6.84. The van der Waals surface area contributed by atoms with Crippen molar-refractivity contribution in [3.8, 4) is 0 Å².